The quantitative estimate of drug-likeness (QED) is 0.671. The lowest BCUT2D eigenvalue weighted by molar-refractivity contribution is 0.617. The Bertz CT molecular complexity index is 367. The third-order valence-corrected chi connectivity index (χ3v) is 2.03. The Morgan fingerprint density at radius 3 is 2.54 bits per heavy atom. The van der Waals surface area contributed by atoms with E-state index in [9.17, 15) is 4.39 Å². The maximum Gasteiger partial charge on any atom is 0.126 e. The molecular weight excluding hydrogens is 165 g/mol. The molecule has 0 heterocycles. The van der Waals surface area contributed by atoms with Crippen LogP contribution in [0.2, 0.25) is 0 Å². The first kappa shape index (κ1) is 9.65. The Kier molecular flexibility index (Phi) is 2.61. The monoisotopic (exact) mass is 177 g/mol. The van der Waals surface area contributed by atoms with Gasteiger partial charge < -0.3 is 5.41 Å². The second-order valence-corrected chi connectivity index (χ2v) is 3.09. The van der Waals surface area contributed by atoms with Crippen LogP contribution in [0.5, 0.6) is 0 Å². The highest BCUT2D eigenvalue weighted by molar-refractivity contribution is 6.07. The van der Waals surface area contributed by atoms with Gasteiger partial charge in [0.25, 0.3) is 0 Å². The van der Waals surface area contributed by atoms with E-state index in [1.54, 1.807) is 13.0 Å². The molecule has 0 atom stereocenters. The normalized spacial score (nSPS) is 9.77. The lowest BCUT2D eigenvalue weighted by Gasteiger charge is -2.06. The summed E-state index contributed by atoms with van der Waals surface area (Å²) in [6.45, 7) is 7.27. The summed E-state index contributed by atoms with van der Waals surface area (Å²) in [6.07, 6.45) is 1.14. The van der Waals surface area contributed by atoms with Gasteiger partial charge in [0.05, 0.1) is 0 Å². The highest BCUT2D eigenvalue weighted by atomic mass is 19.1. The van der Waals surface area contributed by atoms with E-state index < -0.39 is 0 Å². The van der Waals surface area contributed by atoms with E-state index in [0.717, 1.165) is 11.8 Å². The van der Waals surface area contributed by atoms with Crippen molar-refractivity contribution >= 4 is 11.8 Å². The summed E-state index contributed by atoms with van der Waals surface area (Å²) in [5.74, 6) is -0.247. The Morgan fingerprint density at radius 2 is 2.00 bits per heavy atom. The molecule has 0 radical (unpaired) electrons. The highest BCUT2D eigenvalue weighted by Crippen LogP contribution is 2.19. The summed E-state index contributed by atoms with van der Waals surface area (Å²) in [5.41, 5.74) is 2.82. The zero-order valence-corrected chi connectivity index (χ0v) is 7.82. The number of nitrogens with one attached hydrogen (secondary N) is 1. The molecule has 0 aliphatic carbocycles. The number of rotatable bonds is 2. The predicted octanol–water partition coefficient (Wildman–Crippen LogP) is 3.11. The maximum absolute atomic E-state index is 13.1. The van der Waals surface area contributed by atoms with Crippen molar-refractivity contribution in [3.63, 3.8) is 0 Å². The number of hydrogen-bond acceptors (Lipinski definition) is 1. The molecule has 0 unspecified atom stereocenters. The SMILES string of the molecule is C=C(C=N)c1cc(F)c(C)cc1C. The summed E-state index contributed by atoms with van der Waals surface area (Å²) < 4.78 is 13.1. The average molecular weight is 177 g/mol. The van der Waals surface area contributed by atoms with Crippen LogP contribution in [0.15, 0.2) is 18.7 Å². The molecule has 1 N–H and O–H groups in total. The Hall–Kier alpha value is -1.44. The van der Waals surface area contributed by atoms with Gasteiger partial charge in [-0.05, 0) is 42.2 Å². The molecule has 0 amide bonds. The highest BCUT2D eigenvalue weighted by Gasteiger charge is 2.05. The second kappa shape index (κ2) is 3.52. The molecule has 0 aliphatic heterocycles. The first-order valence-corrected chi connectivity index (χ1v) is 4.02. The molecule has 0 bridgehead atoms. The van der Waals surface area contributed by atoms with Gasteiger partial charge in [0, 0.05) is 6.21 Å². The van der Waals surface area contributed by atoms with Gasteiger partial charge >= 0.3 is 0 Å². The fraction of sp³-hybridized carbons (Fsp3) is 0.182. The summed E-state index contributed by atoms with van der Waals surface area (Å²) in [6, 6.07) is 3.19. The van der Waals surface area contributed by atoms with Crippen molar-refractivity contribution in [1.82, 2.24) is 0 Å². The Labute approximate surface area is 77.4 Å². The van der Waals surface area contributed by atoms with Crippen molar-refractivity contribution in [2.45, 2.75) is 13.8 Å². The van der Waals surface area contributed by atoms with Gasteiger partial charge in [-0.2, -0.15) is 0 Å². The van der Waals surface area contributed by atoms with E-state index in [0.29, 0.717) is 16.7 Å². The Morgan fingerprint density at radius 1 is 1.38 bits per heavy atom. The van der Waals surface area contributed by atoms with Gasteiger partial charge in [-0.1, -0.05) is 12.6 Å². The van der Waals surface area contributed by atoms with Crippen molar-refractivity contribution in [1.29, 1.82) is 5.41 Å². The molecule has 0 aliphatic rings. The molecule has 13 heavy (non-hydrogen) atoms. The van der Waals surface area contributed by atoms with Crippen LogP contribution >= 0.6 is 0 Å². The predicted molar refractivity (Wildman–Crippen MR) is 53.7 cm³/mol. The number of hydrogen-bond donors (Lipinski definition) is 1. The van der Waals surface area contributed by atoms with Gasteiger partial charge in [0.15, 0.2) is 0 Å². The molecule has 68 valence electrons. The van der Waals surface area contributed by atoms with Crippen molar-refractivity contribution in [2.24, 2.45) is 0 Å². The minimum atomic E-state index is -0.247. The number of allylic oxidation sites excluding steroid dienone is 1. The zero-order valence-electron chi connectivity index (χ0n) is 7.82. The van der Waals surface area contributed by atoms with Crippen LogP contribution in [0.4, 0.5) is 4.39 Å². The number of benzene rings is 1. The molecule has 0 aromatic heterocycles. The molecule has 0 saturated carbocycles. The Balaban J connectivity index is 3.31. The van der Waals surface area contributed by atoms with E-state index in [2.05, 4.69) is 6.58 Å². The fourth-order valence-corrected chi connectivity index (χ4v) is 1.25. The van der Waals surface area contributed by atoms with Crippen LogP contribution in [0.1, 0.15) is 16.7 Å². The van der Waals surface area contributed by atoms with Gasteiger partial charge in [-0.3, -0.25) is 0 Å². The van der Waals surface area contributed by atoms with Gasteiger partial charge in [0.2, 0.25) is 0 Å². The summed E-state index contributed by atoms with van der Waals surface area (Å²) in [7, 11) is 0. The van der Waals surface area contributed by atoms with Crippen LogP contribution in [-0.4, -0.2) is 6.21 Å². The molecule has 1 nitrogen and oxygen atoms in total. The summed E-state index contributed by atoms with van der Waals surface area (Å²) in [4.78, 5) is 0. The number of halogens is 1. The third kappa shape index (κ3) is 1.83. The largest absolute Gasteiger partial charge is 0.308 e. The van der Waals surface area contributed by atoms with E-state index in [1.165, 1.54) is 6.07 Å². The lowest BCUT2D eigenvalue weighted by Crippen LogP contribution is -1.92. The van der Waals surface area contributed by atoms with Crippen molar-refractivity contribution < 1.29 is 4.39 Å². The molecular formula is C11H12FN. The van der Waals surface area contributed by atoms with Gasteiger partial charge in [0.1, 0.15) is 5.82 Å². The molecule has 0 spiro atoms. The first-order chi connectivity index (χ1) is 6.06. The lowest BCUT2D eigenvalue weighted by atomic mass is 10.00. The fourth-order valence-electron chi connectivity index (χ4n) is 1.25. The minimum Gasteiger partial charge on any atom is -0.308 e. The first-order valence-electron chi connectivity index (χ1n) is 4.02. The van der Waals surface area contributed by atoms with Crippen LogP contribution in [-0.2, 0) is 0 Å². The van der Waals surface area contributed by atoms with Gasteiger partial charge in [-0.15, -0.1) is 0 Å². The molecule has 1 aromatic carbocycles. The van der Waals surface area contributed by atoms with E-state index in [4.69, 9.17) is 5.41 Å². The summed E-state index contributed by atoms with van der Waals surface area (Å²) >= 11 is 0. The number of aryl methyl sites for hydroxylation is 2. The van der Waals surface area contributed by atoms with Crippen molar-refractivity contribution in [2.75, 3.05) is 0 Å². The smallest absolute Gasteiger partial charge is 0.126 e. The van der Waals surface area contributed by atoms with Crippen LogP contribution in [0.3, 0.4) is 0 Å². The van der Waals surface area contributed by atoms with Crippen LogP contribution < -0.4 is 0 Å². The zero-order chi connectivity index (χ0) is 10.0. The molecule has 0 saturated heterocycles. The topological polar surface area (TPSA) is 23.9 Å². The molecule has 2 heteroatoms. The molecule has 1 rings (SSSR count). The maximum atomic E-state index is 13.1. The summed E-state index contributed by atoms with van der Waals surface area (Å²) in [5, 5.41) is 7.02. The van der Waals surface area contributed by atoms with Crippen LogP contribution in [0, 0.1) is 25.1 Å². The van der Waals surface area contributed by atoms with Crippen LogP contribution in [0.25, 0.3) is 5.57 Å². The minimum absolute atomic E-state index is 0.247. The van der Waals surface area contributed by atoms with E-state index in [1.807, 2.05) is 6.92 Å². The van der Waals surface area contributed by atoms with Gasteiger partial charge in [-0.25, -0.2) is 4.39 Å². The standard InChI is InChI=1S/C11H12FN/c1-7-4-8(2)11(12)5-10(7)9(3)6-13/h4-6,13H,3H2,1-2H3. The second-order valence-electron chi connectivity index (χ2n) is 3.09. The van der Waals surface area contributed by atoms with Crippen molar-refractivity contribution in [3.8, 4) is 0 Å². The average Bonchev–Trinajstić information content (AvgIpc) is 2.10. The molecule has 0 fully saturated rings. The third-order valence-electron chi connectivity index (χ3n) is 2.03. The van der Waals surface area contributed by atoms with E-state index in [-0.39, 0.29) is 5.82 Å². The van der Waals surface area contributed by atoms with E-state index >= 15 is 0 Å². The van der Waals surface area contributed by atoms with Crippen molar-refractivity contribution in [3.05, 3.63) is 41.2 Å². The molecule has 1 aromatic rings.